The van der Waals surface area contributed by atoms with Crippen LogP contribution in [0.25, 0.3) is 0 Å². The van der Waals surface area contributed by atoms with Gasteiger partial charge in [-0.15, -0.1) is 0 Å². The second-order valence-electron chi connectivity index (χ2n) is 6.03. The van der Waals surface area contributed by atoms with Gasteiger partial charge in [-0.3, -0.25) is 0 Å². The van der Waals surface area contributed by atoms with E-state index in [4.69, 9.17) is 16.3 Å². The number of aromatic nitrogens is 2. The number of nitrogens with zero attached hydrogens (tertiary/aromatic N) is 3. The van der Waals surface area contributed by atoms with E-state index in [1.165, 1.54) is 12.4 Å². The maximum Gasteiger partial charge on any atom is 0.156 e. The van der Waals surface area contributed by atoms with Gasteiger partial charge in [0.25, 0.3) is 0 Å². The van der Waals surface area contributed by atoms with Gasteiger partial charge in [-0.1, -0.05) is 31.2 Å². The van der Waals surface area contributed by atoms with Crippen molar-refractivity contribution in [1.29, 1.82) is 0 Å². The molecule has 1 unspecified atom stereocenters. The molecule has 106 valence electrons. The summed E-state index contributed by atoms with van der Waals surface area (Å²) in [6, 6.07) is 1.20. The Bertz CT molecular complexity index is 455. The number of hydrogen-bond acceptors (Lipinski definition) is 4. The van der Waals surface area contributed by atoms with E-state index in [1.807, 2.05) is 0 Å². The van der Waals surface area contributed by atoms with Crippen LogP contribution in [0.5, 0.6) is 0 Å². The van der Waals surface area contributed by atoms with Crippen LogP contribution in [-0.4, -0.2) is 37.8 Å². The van der Waals surface area contributed by atoms with E-state index < -0.39 is 8.07 Å². The van der Waals surface area contributed by atoms with E-state index in [0.29, 0.717) is 17.7 Å². The van der Waals surface area contributed by atoms with Crippen molar-refractivity contribution in [2.24, 2.45) is 0 Å². The second kappa shape index (κ2) is 6.24. The van der Waals surface area contributed by atoms with Crippen LogP contribution in [0.2, 0.25) is 30.8 Å². The second-order valence-corrected chi connectivity index (χ2v) is 13.2. The lowest BCUT2D eigenvalue weighted by atomic mass is 10.1. The van der Waals surface area contributed by atoms with Crippen molar-refractivity contribution in [3.63, 3.8) is 0 Å². The number of hydrogen-bond donors (Lipinski definition) is 0. The normalized spacial score (nSPS) is 18.8. The Morgan fingerprint density at radius 3 is 2.89 bits per heavy atom. The average Bonchev–Trinajstić information content (AvgIpc) is 2.62. The summed E-state index contributed by atoms with van der Waals surface area (Å²) in [6.45, 7) is 9.54. The fraction of sp³-hybridized carbons (Fsp3) is 0.667. The summed E-state index contributed by atoms with van der Waals surface area (Å²) in [5.41, 5.74) is 1.96. The van der Waals surface area contributed by atoms with Crippen molar-refractivity contribution in [3.8, 4) is 0 Å². The zero-order valence-corrected chi connectivity index (χ0v) is 15.4. The molecule has 2 heterocycles. The van der Waals surface area contributed by atoms with Crippen LogP contribution >= 0.6 is 34.5 Å². The van der Waals surface area contributed by atoms with E-state index in [2.05, 4.69) is 55.6 Å². The van der Waals surface area contributed by atoms with Gasteiger partial charge in [-0.05, 0) is 6.04 Å². The molecule has 0 bridgehead atoms. The Morgan fingerprint density at radius 1 is 1.47 bits per heavy atom. The monoisotopic (exact) mass is 411 g/mol. The van der Waals surface area contributed by atoms with E-state index in [1.54, 1.807) is 0 Å². The topological polar surface area (TPSA) is 38.2 Å². The van der Waals surface area contributed by atoms with Crippen molar-refractivity contribution in [2.45, 2.75) is 31.6 Å². The number of anilines is 1. The first-order chi connectivity index (χ1) is 8.88. The van der Waals surface area contributed by atoms with Crippen LogP contribution in [-0.2, 0) is 4.74 Å². The third-order valence-electron chi connectivity index (χ3n) is 3.13. The Balaban J connectivity index is 1.93. The lowest BCUT2D eigenvalue weighted by Gasteiger charge is -2.16. The van der Waals surface area contributed by atoms with Gasteiger partial charge in [-0.2, -0.15) is 0 Å². The van der Waals surface area contributed by atoms with Crippen molar-refractivity contribution in [2.75, 3.05) is 22.9 Å². The molecule has 0 amide bonds. The van der Waals surface area contributed by atoms with Crippen molar-refractivity contribution in [1.82, 2.24) is 9.97 Å². The maximum atomic E-state index is 6.12. The third-order valence-corrected chi connectivity index (χ3v) is 5.99. The fourth-order valence-electron chi connectivity index (χ4n) is 2.00. The molecule has 0 N–H and O–H groups in total. The summed E-state index contributed by atoms with van der Waals surface area (Å²) < 4.78 is 7.93. The van der Waals surface area contributed by atoms with E-state index in [-0.39, 0.29) is 0 Å². The number of ether oxygens (including phenoxy) is 1. The third kappa shape index (κ3) is 4.02. The van der Waals surface area contributed by atoms with Crippen molar-refractivity contribution >= 4 is 48.2 Å². The van der Waals surface area contributed by atoms with E-state index in [0.717, 1.165) is 24.5 Å². The minimum atomic E-state index is -1.01. The SMILES string of the molecule is C[Si](C)(C)CCOCC1CN(I)c2c(Cl)ncnc21. The highest BCUT2D eigenvalue weighted by atomic mass is 127. The average molecular weight is 412 g/mol. The predicted molar refractivity (Wildman–Crippen MR) is 90.1 cm³/mol. The highest BCUT2D eigenvalue weighted by molar-refractivity contribution is 14.1. The quantitative estimate of drug-likeness (QED) is 0.243. The summed E-state index contributed by atoms with van der Waals surface area (Å²) in [4.78, 5) is 8.40. The molecule has 19 heavy (non-hydrogen) atoms. The molecule has 0 aromatic carbocycles. The summed E-state index contributed by atoms with van der Waals surface area (Å²) in [5, 5.41) is 0.531. The number of fused-ring (bicyclic) bond motifs is 1. The summed E-state index contributed by atoms with van der Waals surface area (Å²) in [6.07, 6.45) is 1.53. The molecule has 0 saturated heterocycles. The molecule has 0 fully saturated rings. The Kier molecular flexibility index (Phi) is 5.08. The minimum Gasteiger partial charge on any atom is -0.381 e. The van der Waals surface area contributed by atoms with Gasteiger partial charge in [0.2, 0.25) is 0 Å². The molecular weight excluding hydrogens is 393 g/mol. The van der Waals surface area contributed by atoms with Crippen molar-refractivity contribution in [3.05, 3.63) is 17.2 Å². The number of rotatable bonds is 5. The summed E-state index contributed by atoms with van der Waals surface area (Å²) >= 11 is 8.38. The molecule has 0 saturated carbocycles. The summed E-state index contributed by atoms with van der Waals surface area (Å²) in [5.74, 6) is 0.300. The van der Waals surface area contributed by atoms with E-state index in [9.17, 15) is 0 Å². The first kappa shape index (κ1) is 15.5. The van der Waals surface area contributed by atoms with Gasteiger partial charge in [0.15, 0.2) is 5.15 Å². The van der Waals surface area contributed by atoms with Crippen LogP contribution in [0.1, 0.15) is 11.6 Å². The highest BCUT2D eigenvalue weighted by Gasteiger charge is 2.31. The zero-order chi connectivity index (χ0) is 14.0. The van der Waals surface area contributed by atoms with Crippen LogP contribution in [0.4, 0.5) is 5.69 Å². The van der Waals surface area contributed by atoms with Crippen LogP contribution in [0.15, 0.2) is 6.33 Å². The van der Waals surface area contributed by atoms with Gasteiger partial charge in [0.05, 0.1) is 35.2 Å². The van der Waals surface area contributed by atoms with Crippen molar-refractivity contribution < 1.29 is 4.74 Å². The molecule has 1 aliphatic heterocycles. The van der Waals surface area contributed by atoms with Crippen LogP contribution in [0, 0.1) is 0 Å². The molecule has 2 rings (SSSR count). The predicted octanol–water partition coefficient (Wildman–Crippen LogP) is 3.74. The maximum absolute atomic E-state index is 6.12. The molecule has 1 aromatic heterocycles. The molecule has 7 heteroatoms. The molecule has 0 radical (unpaired) electrons. The standard InChI is InChI=1S/C12H19ClIN3OSi/c1-19(2,3)5-4-18-7-9-6-17(14)11-10(9)15-8-16-12(11)13/h8-9H,4-7H2,1-3H3. The zero-order valence-electron chi connectivity index (χ0n) is 11.5. The number of halogens is 2. The molecule has 1 aromatic rings. The first-order valence-corrected chi connectivity index (χ1v) is 11.4. The van der Waals surface area contributed by atoms with Crippen LogP contribution in [0.3, 0.4) is 0 Å². The molecule has 1 atom stereocenters. The Morgan fingerprint density at radius 2 is 2.21 bits per heavy atom. The lowest BCUT2D eigenvalue weighted by molar-refractivity contribution is 0.134. The summed E-state index contributed by atoms with van der Waals surface area (Å²) in [7, 11) is -1.01. The smallest absolute Gasteiger partial charge is 0.156 e. The van der Waals surface area contributed by atoms with E-state index >= 15 is 0 Å². The lowest BCUT2D eigenvalue weighted by Crippen LogP contribution is -2.23. The van der Waals surface area contributed by atoms with Gasteiger partial charge >= 0.3 is 0 Å². The molecule has 1 aliphatic rings. The Labute approximate surface area is 134 Å². The molecule has 0 aliphatic carbocycles. The molecule has 0 spiro atoms. The van der Waals surface area contributed by atoms with Gasteiger partial charge in [0, 0.05) is 27.1 Å². The molecular formula is C12H19ClIN3OSi. The van der Waals surface area contributed by atoms with Gasteiger partial charge in [0.1, 0.15) is 12.0 Å². The fourth-order valence-corrected chi connectivity index (χ4v) is 4.09. The highest BCUT2D eigenvalue weighted by Crippen LogP contribution is 2.40. The van der Waals surface area contributed by atoms with Crippen LogP contribution < -0.4 is 3.11 Å². The minimum absolute atomic E-state index is 0.300. The molecule has 4 nitrogen and oxygen atoms in total. The first-order valence-electron chi connectivity index (χ1n) is 6.40. The largest absolute Gasteiger partial charge is 0.381 e. The van der Waals surface area contributed by atoms with Gasteiger partial charge < -0.3 is 7.85 Å². The van der Waals surface area contributed by atoms with Gasteiger partial charge in [-0.25, -0.2) is 9.97 Å². The Hall–Kier alpha value is 0.0769.